The molecule has 0 saturated heterocycles. The summed E-state index contributed by atoms with van der Waals surface area (Å²) in [6, 6.07) is 18.4. The van der Waals surface area contributed by atoms with Gasteiger partial charge in [-0.3, -0.25) is 4.79 Å². The summed E-state index contributed by atoms with van der Waals surface area (Å²) in [6.45, 7) is 5.64. The fraction of sp³-hybridized carbons (Fsp3) is 0.317. The van der Waals surface area contributed by atoms with Gasteiger partial charge in [0.2, 0.25) is 0 Å². The first-order valence-electron chi connectivity index (χ1n) is 17.6. The van der Waals surface area contributed by atoms with Gasteiger partial charge in [0, 0.05) is 41.9 Å². The number of aromatic nitrogens is 2. The SMILES string of the molecule is COc1ccc(-c2nc(-c3cc(C(F)(F)F)cc(C(F)(F)F)c3)n(Cc3ccc(C(=O)NCCOCCOCCN)cc3)c2-c2ccc(OC)c(C)c2)cc1C. The summed E-state index contributed by atoms with van der Waals surface area (Å²) in [4.78, 5) is 17.7. The topological polar surface area (TPSA) is 110 Å². The van der Waals surface area contributed by atoms with E-state index in [9.17, 15) is 31.1 Å². The number of imidazole rings is 1. The molecule has 0 radical (unpaired) electrons. The number of benzene rings is 4. The van der Waals surface area contributed by atoms with Crippen molar-refractivity contribution in [2.24, 2.45) is 5.73 Å². The van der Waals surface area contributed by atoms with E-state index in [0.717, 1.165) is 11.1 Å². The molecule has 0 fully saturated rings. The van der Waals surface area contributed by atoms with E-state index in [1.807, 2.05) is 19.9 Å². The van der Waals surface area contributed by atoms with Gasteiger partial charge in [-0.05, 0) is 97.3 Å². The Morgan fingerprint density at radius 1 is 0.714 bits per heavy atom. The van der Waals surface area contributed by atoms with Crippen molar-refractivity contribution in [2.75, 3.05) is 53.7 Å². The molecular weight excluding hydrogens is 742 g/mol. The van der Waals surface area contributed by atoms with Crippen molar-refractivity contribution in [3.05, 3.63) is 112 Å². The molecule has 0 atom stereocenters. The van der Waals surface area contributed by atoms with Crippen molar-refractivity contribution in [2.45, 2.75) is 32.7 Å². The van der Waals surface area contributed by atoms with Gasteiger partial charge in [0.15, 0.2) is 0 Å². The molecule has 5 rings (SSSR count). The van der Waals surface area contributed by atoms with Crippen molar-refractivity contribution < 1.29 is 50.1 Å². The highest BCUT2D eigenvalue weighted by Gasteiger charge is 2.38. The lowest BCUT2D eigenvalue weighted by Crippen LogP contribution is -2.27. The number of alkyl halides is 6. The summed E-state index contributed by atoms with van der Waals surface area (Å²) in [5.41, 5.74) is 6.30. The average molecular weight is 785 g/mol. The number of ether oxygens (including phenoxy) is 4. The average Bonchev–Trinajstić information content (AvgIpc) is 3.54. The summed E-state index contributed by atoms with van der Waals surface area (Å²) in [5.74, 6) is 0.654. The van der Waals surface area contributed by atoms with Gasteiger partial charge in [0.1, 0.15) is 17.3 Å². The first kappa shape index (κ1) is 41.8. The van der Waals surface area contributed by atoms with Crippen molar-refractivity contribution in [3.63, 3.8) is 0 Å². The van der Waals surface area contributed by atoms with Crippen molar-refractivity contribution >= 4 is 5.91 Å². The van der Waals surface area contributed by atoms with E-state index in [-0.39, 0.29) is 43.1 Å². The quantitative estimate of drug-likeness (QED) is 0.0765. The highest BCUT2D eigenvalue weighted by Crippen LogP contribution is 2.43. The Morgan fingerprint density at radius 3 is 1.80 bits per heavy atom. The molecule has 0 aliphatic carbocycles. The molecule has 298 valence electrons. The molecule has 15 heteroatoms. The Balaban J connectivity index is 1.63. The molecule has 4 aromatic carbocycles. The van der Waals surface area contributed by atoms with Crippen LogP contribution in [0.15, 0.2) is 78.9 Å². The number of halogens is 6. The Bertz CT molecular complexity index is 2100. The highest BCUT2D eigenvalue weighted by atomic mass is 19.4. The largest absolute Gasteiger partial charge is 0.496 e. The molecule has 9 nitrogen and oxygen atoms in total. The van der Waals surface area contributed by atoms with Crippen LogP contribution in [-0.2, 0) is 28.4 Å². The number of amides is 1. The number of aryl methyl sites for hydroxylation is 2. The van der Waals surface area contributed by atoms with E-state index in [1.54, 1.807) is 59.2 Å². The van der Waals surface area contributed by atoms with Crippen LogP contribution in [-0.4, -0.2) is 69.2 Å². The van der Waals surface area contributed by atoms with Crippen LogP contribution in [0.25, 0.3) is 33.9 Å². The Hall–Kier alpha value is -5.38. The van der Waals surface area contributed by atoms with Gasteiger partial charge >= 0.3 is 12.4 Å². The molecule has 1 heterocycles. The lowest BCUT2D eigenvalue weighted by Gasteiger charge is -2.17. The Morgan fingerprint density at radius 2 is 1.27 bits per heavy atom. The number of nitrogens with two attached hydrogens (primary N) is 1. The van der Waals surface area contributed by atoms with E-state index in [1.165, 1.54) is 14.2 Å². The molecule has 0 bridgehead atoms. The van der Waals surface area contributed by atoms with Gasteiger partial charge in [0.25, 0.3) is 5.91 Å². The molecule has 5 aromatic rings. The predicted octanol–water partition coefficient (Wildman–Crippen LogP) is 8.33. The van der Waals surface area contributed by atoms with Gasteiger partial charge in [-0.15, -0.1) is 0 Å². The van der Waals surface area contributed by atoms with Crippen LogP contribution in [0.5, 0.6) is 11.5 Å². The molecule has 56 heavy (non-hydrogen) atoms. The smallest absolute Gasteiger partial charge is 0.416 e. The van der Waals surface area contributed by atoms with Gasteiger partial charge < -0.3 is 34.6 Å². The lowest BCUT2D eigenvalue weighted by atomic mass is 10.0. The van der Waals surface area contributed by atoms with E-state index in [2.05, 4.69) is 5.32 Å². The summed E-state index contributed by atoms with van der Waals surface area (Å²) in [7, 11) is 3.03. The maximum Gasteiger partial charge on any atom is 0.416 e. The third-order valence-electron chi connectivity index (χ3n) is 8.87. The zero-order valence-corrected chi connectivity index (χ0v) is 31.2. The van der Waals surface area contributed by atoms with Gasteiger partial charge in [0.05, 0.1) is 63.2 Å². The fourth-order valence-corrected chi connectivity index (χ4v) is 6.14. The second kappa shape index (κ2) is 18.0. The zero-order chi connectivity index (χ0) is 40.6. The number of nitrogens with one attached hydrogen (secondary N) is 1. The van der Waals surface area contributed by atoms with Crippen LogP contribution in [0.2, 0.25) is 0 Å². The van der Waals surface area contributed by atoms with Crippen LogP contribution < -0.4 is 20.5 Å². The summed E-state index contributed by atoms with van der Waals surface area (Å²) in [6.07, 6.45) is -10.2. The number of hydrogen-bond acceptors (Lipinski definition) is 7. The molecule has 0 unspecified atom stereocenters. The fourth-order valence-electron chi connectivity index (χ4n) is 6.14. The van der Waals surface area contributed by atoms with Crippen LogP contribution in [0.3, 0.4) is 0 Å². The Kier molecular flexibility index (Phi) is 13.5. The van der Waals surface area contributed by atoms with Crippen LogP contribution in [0.4, 0.5) is 26.3 Å². The maximum absolute atomic E-state index is 14.2. The first-order chi connectivity index (χ1) is 26.6. The normalized spacial score (nSPS) is 11.8. The first-order valence-corrected chi connectivity index (χ1v) is 17.6. The van der Waals surface area contributed by atoms with Gasteiger partial charge in [-0.2, -0.15) is 26.3 Å². The van der Waals surface area contributed by atoms with Crippen LogP contribution in [0, 0.1) is 13.8 Å². The molecule has 0 saturated carbocycles. The molecule has 0 aliphatic rings. The molecule has 3 N–H and O–H groups in total. The minimum absolute atomic E-state index is 0.0442. The second-order valence-corrected chi connectivity index (χ2v) is 12.8. The molecule has 0 aliphatic heterocycles. The third-order valence-corrected chi connectivity index (χ3v) is 8.87. The van der Waals surface area contributed by atoms with Crippen molar-refractivity contribution in [1.29, 1.82) is 0 Å². The minimum Gasteiger partial charge on any atom is -0.496 e. The molecule has 0 spiro atoms. The number of nitrogens with zero attached hydrogens (tertiary/aromatic N) is 2. The van der Waals surface area contributed by atoms with Gasteiger partial charge in [-0.1, -0.05) is 12.1 Å². The number of hydrogen-bond donors (Lipinski definition) is 2. The molecular formula is C41H42F6N4O5. The minimum atomic E-state index is -5.08. The van der Waals surface area contributed by atoms with E-state index < -0.39 is 23.5 Å². The number of carbonyl (C=O) groups excluding carboxylic acids is 1. The number of carbonyl (C=O) groups is 1. The summed E-state index contributed by atoms with van der Waals surface area (Å²) >= 11 is 0. The van der Waals surface area contributed by atoms with Gasteiger partial charge in [-0.25, -0.2) is 4.98 Å². The van der Waals surface area contributed by atoms with Crippen LogP contribution in [0.1, 0.15) is 38.2 Å². The summed E-state index contributed by atoms with van der Waals surface area (Å²) < 4.78 is 108. The van der Waals surface area contributed by atoms with E-state index in [4.69, 9.17) is 29.7 Å². The third kappa shape index (κ3) is 10.1. The summed E-state index contributed by atoms with van der Waals surface area (Å²) in [5, 5.41) is 2.77. The molecule has 1 aromatic heterocycles. The highest BCUT2D eigenvalue weighted by molar-refractivity contribution is 5.94. The van der Waals surface area contributed by atoms with Crippen molar-refractivity contribution in [1.82, 2.24) is 14.9 Å². The van der Waals surface area contributed by atoms with E-state index in [0.29, 0.717) is 83.6 Å². The van der Waals surface area contributed by atoms with E-state index >= 15 is 0 Å². The predicted molar refractivity (Wildman–Crippen MR) is 200 cm³/mol. The molecule has 1 amide bonds. The Labute approximate surface area is 320 Å². The second-order valence-electron chi connectivity index (χ2n) is 12.8. The zero-order valence-electron chi connectivity index (χ0n) is 31.2. The lowest BCUT2D eigenvalue weighted by molar-refractivity contribution is -0.143. The number of rotatable bonds is 16. The van der Waals surface area contributed by atoms with Crippen LogP contribution >= 0.6 is 0 Å². The maximum atomic E-state index is 14.2. The standard InChI is InChI=1S/C41H42F6N4O5/c1-25-19-29(9-11-34(25)53-3)36-37(30-10-12-35(54-4)26(2)20-30)51(38(50-36)31-21-32(40(42,43)44)23-33(22-31)41(45,46)47)24-27-5-7-28(8-6-27)39(52)49-14-16-56-18-17-55-15-13-48/h5-12,19-23H,13-18,24,48H2,1-4H3,(H,49,52). The number of methoxy groups -OCH3 is 2. The monoisotopic (exact) mass is 784 g/mol. The van der Waals surface area contributed by atoms with Crippen molar-refractivity contribution in [3.8, 4) is 45.4 Å².